The van der Waals surface area contributed by atoms with Gasteiger partial charge in [0.05, 0.1) is 0 Å². The second kappa shape index (κ2) is 9.89. The Bertz CT molecular complexity index is 3080. The maximum atomic E-state index is 2.52. The van der Waals surface area contributed by atoms with Crippen molar-refractivity contribution in [2.45, 2.75) is 6.92 Å². The van der Waals surface area contributed by atoms with Crippen LogP contribution in [0.25, 0.3) is 109 Å². The summed E-state index contributed by atoms with van der Waals surface area (Å²) >= 11 is 0. The predicted octanol–water partition coefficient (Wildman–Crippen LogP) is 13.9. The zero-order valence-electron chi connectivity index (χ0n) is 27.1. The molecule has 0 aliphatic rings. The molecule has 0 amide bonds. The lowest BCUT2D eigenvalue weighted by Gasteiger charge is -2.19. The normalized spacial score (nSPS) is 12.2. The molecule has 0 unspecified atom stereocenters. The van der Waals surface area contributed by atoms with Crippen LogP contribution >= 0.6 is 0 Å². The molecule has 0 N–H and O–H groups in total. The van der Waals surface area contributed by atoms with Gasteiger partial charge in [-0.3, -0.25) is 0 Å². The largest absolute Gasteiger partial charge is 0.0622 e. The van der Waals surface area contributed by atoms with Crippen LogP contribution in [-0.4, -0.2) is 0 Å². The van der Waals surface area contributed by atoms with Gasteiger partial charge in [-0.15, -0.1) is 0 Å². The van der Waals surface area contributed by atoms with Crippen LogP contribution in [0.15, 0.2) is 164 Å². The molecule has 0 saturated carbocycles. The molecule has 0 nitrogen and oxygen atoms in total. The zero-order valence-corrected chi connectivity index (χ0v) is 27.1. The highest BCUT2D eigenvalue weighted by Crippen LogP contribution is 2.55. The summed E-state index contributed by atoms with van der Waals surface area (Å²) in [7, 11) is 0. The minimum Gasteiger partial charge on any atom is -0.0622 e. The molecule has 49 heavy (non-hydrogen) atoms. The molecule has 0 heteroatoms. The second-order valence-corrected chi connectivity index (χ2v) is 13.6. The van der Waals surface area contributed by atoms with Crippen molar-refractivity contribution in [3.8, 4) is 33.4 Å². The number of hydrogen-bond acceptors (Lipinski definition) is 0. The SMILES string of the molecule is Cc1cccc(-c2ccc3c4c(-c5ccccc5)c5c(cc6c7ccccc7c7cccc5c76)c(-c5ccccc5)c4c4cccc2c43)c1. The monoisotopic (exact) mass is 618 g/mol. The maximum Gasteiger partial charge on any atom is -0.000719 e. The summed E-state index contributed by atoms with van der Waals surface area (Å²) in [6.07, 6.45) is 0. The van der Waals surface area contributed by atoms with Crippen molar-refractivity contribution in [3.63, 3.8) is 0 Å². The Kier molecular flexibility index (Phi) is 5.41. The molecule has 0 spiro atoms. The Hall–Kier alpha value is -6.24. The van der Waals surface area contributed by atoms with E-state index in [4.69, 9.17) is 0 Å². The molecular weight excluding hydrogens is 589 g/mol. The van der Waals surface area contributed by atoms with Crippen molar-refractivity contribution in [2.75, 3.05) is 0 Å². The molecule has 0 aliphatic heterocycles. The fraction of sp³-hybridized carbons (Fsp3) is 0.0204. The lowest BCUT2D eigenvalue weighted by molar-refractivity contribution is 1.47. The Morgan fingerprint density at radius 3 is 1.51 bits per heavy atom. The van der Waals surface area contributed by atoms with Gasteiger partial charge in [-0.1, -0.05) is 163 Å². The molecular formula is C49H30. The van der Waals surface area contributed by atoms with Crippen LogP contribution < -0.4 is 0 Å². The molecule has 0 aliphatic carbocycles. The summed E-state index contributed by atoms with van der Waals surface area (Å²) < 4.78 is 0. The fourth-order valence-electron chi connectivity index (χ4n) is 9.08. The number of fused-ring (bicyclic) bond motifs is 8. The number of hydrogen-bond donors (Lipinski definition) is 0. The highest BCUT2D eigenvalue weighted by Gasteiger charge is 2.26. The summed E-state index contributed by atoms with van der Waals surface area (Å²) in [5.41, 5.74) is 8.97. The van der Waals surface area contributed by atoms with Crippen molar-refractivity contribution >= 4 is 75.4 Å². The molecule has 226 valence electrons. The highest BCUT2D eigenvalue weighted by molar-refractivity contribution is 6.45. The van der Waals surface area contributed by atoms with E-state index >= 15 is 0 Å². The van der Waals surface area contributed by atoms with Gasteiger partial charge < -0.3 is 0 Å². The van der Waals surface area contributed by atoms with Crippen LogP contribution in [0, 0.1) is 6.92 Å². The molecule has 0 bridgehead atoms. The van der Waals surface area contributed by atoms with E-state index in [0.29, 0.717) is 0 Å². The highest BCUT2D eigenvalue weighted by atomic mass is 14.3. The van der Waals surface area contributed by atoms with Gasteiger partial charge in [0.25, 0.3) is 0 Å². The first-order valence-corrected chi connectivity index (χ1v) is 17.2. The number of rotatable bonds is 3. The van der Waals surface area contributed by atoms with Crippen molar-refractivity contribution < 1.29 is 0 Å². The Morgan fingerprint density at radius 1 is 0.265 bits per heavy atom. The van der Waals surface area contributed by atoms with E-state index in [9.17, 15) is 0 Å². The summed E-state index contributed by atoms with van der Waals surface area (Å²) in [5, 5.41) is 18.6. The molecule has 0 fully saturated rings. The number of aryl methyl sites for hydroxylation is 1. The van der Waals surface area contributed by atoms with Gasteiger partial charge in [-0.25, -0.2) is 0 Å². The molecule has 0 aromatic heterocycles. The third-order valence-corrected chi connectivity index (χ3v) is 11.0. The lowest BCUT2D eigenvalue weighted by atomic mass is 9.84. The van der Waals surface area contributed by atoms with E-state index in [1.165, 1.54) is 114 Å². The van der Waals surface area contributed by atoms with Gasteiger partial charge in [-0.2, -0.15) is 0 Å². The minimum atomic E-state index is 1.25. The Labute approximate surface area is 284 Å². The van der Waals surface area contributed by atoms with Crippen LogP contribution in [0.3, 0.4) is 0 Å². The van der Waals surface area contributed by atoms with E-state index < -0.39 is 0 Å². The van der Waals surface area contributed by atoms with Gasteiger partial charge in [0.2, 0.25) is 0 Å². The predicted molar refractivity (Wildman–Crippen MR) is 212 cm³/mol. The van der Waals surface area contributed by atoms with Gasteiger partial charge in [0, 0.05) is 0 Å². The molecule has 0 heterocycles. The van der Waals surface area contributed by atoms with Crippen LogP contribution in [0.4, 0.5) is 0 Å². The van der Waals surface area contributed by atoms with E-state index in [1.54, 1.807) is 0 Å². The minimum absolute atomic E-state index is 1.25. The van der Waals surface area contributed by atoms with Crippen LogP contribution in [0.1, 0.15) is 5.56 Å². The van der Waals surface area contributed by atoms with E-state index in [2.05, 4.69) is 171 Å². The van der Waals surface area contributed by atoms with Crippen molar-refractivity contribution in [3.05, 3.63) is 169 Å². The van der Waals surface area contributed by atoms with Crippen molar-refractivity contribution in [1.29, 1.82) is 0 Å². The van der Waals surface area contributed by atoms with E-state index in [1.807, 2.05) is 0 Å². The first-order valence-electron chi connectivity index (χ1n) is 17.2. The summed E-state index contributed by atoms with van der Waals surface area (Å²) in [6.45, 7) is 2.18. The van der Waals surface area contributed by atoms with Gasteiger partial charge in [0.15, 0.2) is 0 Å². The molecule has 0 radical (unpaired) electrons. The van der Waals surface area contributed by atoms with Crippen LogP contribution in [-0.2, 0) is 0 Å². The van der Waals surface area contributed by atoms with E-state index in [0.717, 1.165) is 0 Å². The number of benzene rings is 9. The van der Waals surface area contributed by atoms with Gasteiger partial charge in [-0.05, 0) is 122 Å². The van der Waals surface area contributed by atoms with Gasteiger partial charge in [0.1, 0.15) is 0 Å². The zero-order chi connectivity index (χ0) is 32.2. The van der Waals surface area contributed by atoms with Crippen molar-refractivity contribution in [2.24, 2.45) is 0 Å². The van der Waals surface area contributed by atoms with Crippen molar-refractivity contribution in [1.82, 2.24) is 0 Å². The summed E-state index contributed by atoms with van der Waals surface area (Å²) in [4.78, 5) is 0. The third-order valence-electron chi connectivity index (χ3n) is 11.0. The standard InChI is InChI=1S/C49H30/c1-29-13-10-18-32(27-29)33-25-26-40-45-36(33)21-11-24-39(45)48-43(30-14-4-2-5-15-30)42-28-41-35-20-9-8-19-34(35)37-22-12-23-38(46(37)41)47(42)44(49(40)48)31-16-6-3-7-17-31/h2-28H,1H3. The van der Waals surface area contributed by atoms with Gasteiger partial charge >= 0.3 is 0 Å². The van der Waals surface area contributed by atoms with Crippen LogP contribution in [0.5, 0.6) is 0 Å². The second-order valence-electron chi connectivity index (χ2n) is 13.6. The smallest absolute Gasteiger partial charge is 0.000719 e. The third kappa shape index (κ3) is 3.58. The first kappa shape index (κ1) is 26.8. The average Bonchev–Trinajstić information content (AvgIpc) is 3.66. The van der Waals surface area contributed by atoms with E-state index in [-0.39, 0.29) is 0 Å². The maximum absolute atomic E-state index is 2.52. The topological polar surface area (TPSA) is 0 Å². The Morgan fingerprint density at radius 2 is 0.776 bits per heavy atom. The molecule has 11 rings (SSSR count). The molecule has 0 saturated heterocycles. The Balaban J connectivity index is 1.46. The quantitative estimate of drug-likeness (QED) is 0.173. The summed E-state index contributed by atoms with van der Waals surface area (Å²) in [5.74, 6) is 0. The fourth-order valence-corrected chi connectivity index (χ4v) is 9.08. The molecule has 11 aromatic rings. The average molecular weight is 619 g/mol. The molecule has 11 aromatic carbocycles. The molecule has 0 atom stereocenters. The lowest BCUT2D eigenvalue weighted by Crippen LogP contribution is -1.91. The first-order chi connectivity index (χ1) is 24.3. The van der Waals surface area contributed by atoms with Crippen LogP contribution in [0.2, 0.25) is 0 Å². The summed E-state index contributed by atoms with van der Waals surface area (Å²) in [6, 6.07) is 61.2.